The van der Waals surface area contributed by atoms with Gasteiger partial charge in [-0.2, -0.15) is 17.4 Å². The molecule has 1 saturated carbocycles. The maximum absolute atomic E-state index is 11.7. The minimum atomic E-state index is -3.35. The van der Waals surface area contributed by atoms with Gasteiger partial charge in [0.2, 0.25) is 0 Å². The van der Waals surface area contributed by atoms with Gasteiger partial charge in [0.05, 0.1) is 6.10 Å². The van der Waals surface area contributed by atoms with E-state index < -0.39 is 10.2 Å². The van der Waals surface area contributed by atoms with Crippen molar-refractivity contribution < 1.29 is 13.5 Å². The van der Waals surface area contributed by atoms with E-state index in [1.807, 2.05) is 0 Å². The minimum Gasteiger partial charge on any atom is -0.393 e. The molecule has 0 unspecified atom stereocenters. The van der Waals surface area contributed by atoms with E-state index in [-0.39, 0.29) is 12.1 Å². The van der Waals surface area contributed by atoms with Gasteiger partial charge in [-0.15, -0.1) is 0 Å². The fraction of sp³-hybridized carbons (Fsp3) is 1.00. The van der Waals surface area contributed by atoms with Crippen LogP contribution in [0.15, 0.2) is 0 Å². The van der Waals surface area contributed by atoms with Crippen LogP contribution in [0, 0.1) is 5.92 Å². The van der Waals surface area contributed by atoms with Crippen molar-refractivity contribution in [2.75, 3.05) is 13.6 Å². The van der Waals surface area contributed by atoms with Crippen LogP contribution in [0.1, 0.15) is 26.7 Å². The molecule has 0 bridgehead atoms. The molecule has 2 N–H and O–H groups in total. The summed E-state index contributed by atoms with van der Waals surface area (Å²) in [6.07, 6.45) is 1.19. The van der Waals surface area contributed by atoms with Gasteiger partial charge in [-0.3, -0.25) is 0 Å². The first-order valence-corrected chi connectivity index (χ1v) is 6.67. The van der Waals surface area contributed by atoms with Crippen molar-refractivity contribution in [1.29, 1.82) is 0 Å². The zero-order chi connectivity index (χ0) is 11.6. The van der Waals surface area contributed by atoms with Crippen molar-refractivity contribution >= 4 is 10.2 Å². The molecule has 0 amide bonds. The number of aliphatic hydroxyl groups is 1. The van der Waals surface area contributed by atoms with Crippen molar-refractivity contribution in [2.24, 2.45) is 5.92 Å². The van der Waals surface area contributed by atoms with E-state index in [0.29, 0.717) is 25.3 Å². The Balaban J connectivity index is 2.42. The number of rotatable bonds is 5. The van der Waals surface area contributed by atoms with Gasteiger partial charge < -0.3 is 5.11 Å². The molecule has 15 heavy (non-hydrogen) atoms. The standard InChI is InChI=1S/C9H20N2O3S/c1-7(2)10-15(13,14)11(3)6-8-4-9(12)5-8/h7-10,12H,4-6H2,1-3H3. The average molecular weight is 236 g/mol. The van der Waals surface area contributed by atoms with E-state index in [2.05, 4.69) is 4.72 Å². The third-order valence-electron chi connectivity index (χ3n) is 2.52. The lowest BCUT2D eigenvalue weighted by molar-refractivity contribution is 0.0366. The second-order valence-corrected chi connectivity index (χ2v) is 6.36. The van der Waals surface area contributed by atoms with Gasteiger partial charge in [0.25, 0.3) is 10.2 Å². The smallest absolute Gasteiger partial charge is 0.279 e. The lowest BCUT2D eigenvalue weighted by Crippen LogP contribution is -2.45. The molecule has 1 aliphatic rings. The van der Waals surface area contributed by atoms with Crippen LogP contribution >= 0.6 is 0 Å². The number of nitrogens with one attached hydrogen (secondary N) is 1. The summed E-state index contributed by atoms with van der Waals surface area (Å²) in [5, 5.41) is 9.10. The van der Waals surface area contributed by atoms with Crippen LogP contribution in [-0.2, 0) is 10.2 Å². The summed E-state index contributed by atoms with van der Waals surface area (Å²) in [5.41, 5.74) is 0. The van der Waals surface area contributed by atoms with E-state index in [1.54, 1.807) is 20.9 Å². The Kier molecular flexibility index (Phi) is 4.11. The fourth-order valence-corrected chi connectivity index (χ4v) is 2.88. The molecule has 1 rings (SSSR count). The summed E-state index contributed by atoms with van der Waals surface area (Å²) in [6.45, 7) is 4.07. The Labute approximate surface area is 91.7 Å². The van der Waals surface area contributed by atoms with Gasteiger partial charge >= 0.3 is 0 Å². The molecule has 0 aromatic heterocycles. The van der Waals surface area contributed by atoms with Gasteiger partial charge in [-0.25, -0.2) is 0 Å². The quantitative estimate of drug-likeness (QED) is 0.702. The molecule has 0 aromatic carbocycles. The predicted molar refractivity (Wildman–Crippen MR) is 58.6 cm³/mol. The normalized spacial score (nSPS) is 27.1. The largest absolute Gasteiger partial charge is 0.393 e. The van der Waals surface area contributed by atoms with Crippen LogP contribution in [0.2, 0.25) is 0 Å². The number of nitrogens with zero attached hydrogens (tertiary/aromatic N) is 1. The topological polar surface area (TPSA) is 69.6 Å². The molecule has 0 aliphatic heterocycles. The fourth-order valence-electron chi connectivity index (χ4n) is 1.70. The van der Waals surface area contributed by atoms with Crippen molar-refractivity contribution in [2.45, 2.75) is 38.8 Å². The van der Waals surface area contributed by atoms with E-state index in [1.165, 1.54) is 4.31 Å². The highest BCUT2D eigenvalue weighted by molar-refractivity contribution is 7.87. The monoisotopic (exact) mass is 236 g/mol. The lowest BCUT2D eigenvalue weighted by atomic mass is 9.82. The first-order valence-electron chi connectivity index (χ1n) is 5.23. The van der Waals surface area contributed by atoms with Crippen molar-refractivity contribution in [3.8, 4) is 0 Å². The Hall–Kier alpha value is -0.170. The second-order valence-electron chi connectivity index (χ2n) is 4.55. The first-order chi connectivity index (χ1) is 6.81. The third-order valence-corrected chi connectivity index (χ3v) is 4.26. The molecule has 0 spiro atoms. The second kappa shape index (κ2) is 4.78. The van der Waals surface area contributed by atoms with Crippen LogP contribution in [-0.4, -0.2) is 43.6 Å². The van der Waals surface area contributed by atoms with E-state index in [4.69, 9.17) is 5.11 Å². The van der Waals surface area contributed by atoms with Gasteiger partial charge in [0.15, 0.2) is 0 Å². The molecule has 0 atom stereocenters. The molecule has 1 aliphatic carbocycles. The lowest BCUT2D eigenvalue weighted by Gasteiger charge is -2.34. The van der Waals surface area contributed by atoms with Crippen LogP contribution in [0.5, 0.6) is 0 Å². The molecular weight excluding hydrogens is 216 g/mol. The summed E-state index contributed by atoms with van der Waals surface area (Å²) < 4.78 is 27.1. The maximum Gasteiger partial charge on any atom is 0.279 e. The zero-order valence-electron chi connectivity index (χ0n) is 9.47. The average Bonchev–Trinajstić information content (AvgIpc) is 1.98. The minimum absolute atomic E-state index is 0.0931. The van der Waals surface area contributed by atoms with Crippen LogP contribution in [0.3, 0.4) is 0 Å². The molecule has 90 valence electrons. The Bertz CT molecular complexity index is 296. The van der Waals surface area contributed by atoms with Gasteiger partial charge in [-0.1, -0.05) is 0 Å². The summed E-state index contributed by atoms with van der Waals surface area (Å²) in [7, 11) is -1.78. The Morgan fingerprint density at radius 2 is 2.00 bits per heavy atom. The Morgan fingerprint density at radius 3 is 2.40 bits per heavy atom. The molecule has 6 heteroatoms. The highest BCUT2D eigenvalue weighted by atomic mass is 32.2. The van der Waals surface area contributed by atoms with Crippen LogP contribution in [0.4, 0.5) is 0 Å². The van der Waals surface area contributed by atoms with E-state index in [0.717, 1.165) is 0 Å². The summed E-state index contributed by atoms with van der Waals surface area (Å²) >= 11 is 0. The molecule has 0 heterocycles. The molecular formula is C9H20N2O3S. The van der Waals surface area contributed by atoms with Crippen molar-refractivity contribution in [3.05, 3.63) is 0 Å². The van der Waals surface area contributed by atoms with Gasteiger partial charge in [0, 0.05) is 19.6 Å². The summed E-state index contributed by atoms with van der Waals surface area (Å²) in [6, 6.07) is -0.0931. The van der Waals surface area contributed by atoms with Gasteiger partial charge in [-0.05, 0) is 32.6 Å². The first kappa shape index (κ1) is 12.9. The summed E-state index contributed by atoms with van der Waals surface area (Å²) in [4.78, 5) is 0. The maximum atomic E-state index is 11.7. The number of hydrogen-bond donors (Lipinski definition) is 2. The highest BCUT2D eigenvalue weighted by Crippen LogP contribution is 2.27. The van der Waals surface area contributed by atoms with E-state index >= 15 is 0 Å². The molecule has 0 radical (unpaired) electrons. The molecule has 0 saturated heterocycles. The molecule has 5 nitrogen and oxygen atoms in total. The van der Waals surface area contributed by atoms with Crippen molar-refractivity contribution in [1.82, 2.24) is 9.03 Å². The predicted octanol–water partition coefficient (Wildman–Crippen LogP) is -0.0681. The summed E-state index contributed by atoms with van der Waals surface area (Å²) in [5.74, 6) is 0.300. The van der Waals surface area contributed by atoms with E-state index in [9.17, 15) is 8.42 Å². The van der Waals surface area contributed by atoms with Gasteiger partial charge in [0.1, 0.15) is 0 Å². The van der Waals surface area contributed by atoms with Crippen molar-refractivity contribution in [3.63, 3.8) is 0 Å². The number of aliphatic hydroxyl groups excluding tert-OH is 1. The van der Waals surface area contributed by atoms with Crippen LogP contribution < -0.4 is 4.72 Å². The molecule has 0 aromatic rings. The molecule has 1 fully saturated rings. The third kappa shape index (κ3) is 3.71. The van der Waals surface area contributed by atoms with Crippen LogP contribution in [0.25, 0.3) is 0 Å². The highest BCUT2D eigenvalue weighted by Gasteiger charge is 2.31. The SMILES string of the molecule is CC(C)NS(=O)(=O)N(C)CC1CC(O)C1. The zero-order valence-corrected chi connectivity index (χ0v) is 10.3. The number of hydrogen-bond acceptors (Lipinski definition) is 3. The Morgan fingerprint density at radius 1 is 1.47 bits per heavy atom.